The second-order valence-corrected chi connectivity index (χ2v) is 6.38. The van der Waals surface area contributed by atoms with Gasteiger partial charge in [0.05, 0.1) is 17.4 Å². The van der Waals surface area contributed by atoms with Gasteiger partial charge in [0.15, 0.2) is 0 Å². The number of unbranched alkanes of at least 4 members (excludes halogenated alkanes) is 3. The maximum Gasteiger partial charge on any atom is 0.336 e. The summed E-state index contributed by atoms with van der Waals surface area (Å²) in [5.74, 6) is -0.297. The summed E-state index contributed by atoms with van der Waals surface area (Å²) in [6.45, 7) is 4.25. The van der Waals surface area contributed by atoms with Gasteiger partial charge in [-0.15, -0.1) is 0 Å². The molecule has 0 radical (unpaired) electrons. The van der Waals surface area contributed by atoms with Gasteiger partial charge in [-0.05, 0) is 49.1 Å². The molecule has 4 nitrogen and oxygen atoms in total. The number of anilines is 1. The van der Waals surface area contributed by atoms with Crippen molar-refractivity contribution in [2.75, 3.05) is 5.73 Å². The van der Waals surface area contributed by atoms with Gasteiger partial charge in [0, 0.05) is 0 Å². The molecule has 4 heteroatoms. The number of rotatable bonds is 9. The molecule has 2 aromatic rings. The molecule has 3 N–H and O–H groups in total. The van der Waals surface area contributed by atoms with Crippen LogP contribution in [0.5, 0.6) is 5.75 Å². The number of carboxylic acid groups (broad SMARTS) is 1. The minimum absolute atomic E-state index is 0.108. The van der Waals surface area contributed by atoms with Crippen molar-refractivity contribution in [3.63, 3.8) is 0 Å². The third-order valence-corrected chi connectivity index (χ3v) is 4.27. The summed E-state index contributed by atoms with van der Waals surface area (Å²) in [4.78, 5) is 11.4. The standard InChI is InChI=1S/C21H27NO3/c1-3-4-5-6-9-15(2)25-20-13-12-16(14-19(20)22)17-10-7-8-11-18(17)21(23)24/h7-8,10-15H,3-6,9,22H2,1-2H3,(H,23,24). The van der Waals surface area contributed by atoms with E-state index < -0.39 is 5.97 Å². The van der Waals surface area contributed by atoms with Crippen LogP contribution >= 0.6 is 0 Å². The lowest BCUT2D eigenvalue weighted by Gasteiger charge is -2.17. The molecular formula is C21H27NO3. The first kappa shape index (κ1) is 18.8. The van der Waals surface area contributed by atoms with E-state index in [1.165, 1.54) is 19.3 Å². The van der Waals surface area contributed by atoms with Crippen molar-refractivity contribution in [3.05, 3.63) is 48.0 Å². The lowest BCUT2D eigenvalue weighted by Crippen LogP contribution is -2.12. The van der Waals surface area contributed by atoms with Gasteiger partial charge in [-0.2, -0.15) is 0 Å². The third-order valence-electron chi connectivity index (χ3n) is 4.27. The number of nitrogens with two attached hydrogens (primary N) is 1. The molecule has 0 saturated carbocycles. The van der Waals surface area contributed by atoms with Crippen molar-refractivity contribution >= 4 is 11.7 Å². The van der Waals surface area contributed by atoms with Gasteiger partial charge in [-0.3, -0.25) is 0 Å². The molecule has 2 aromatic carbocycles. The molecule has 1 unspecified atom stereocenters. The van der Waals surface area contributed by atoms with Crippen LogP contribution in [0, 0.1) is 0 Å². The first-order valence-electron chi connectivity index (χ1n) is 8.91. The predicted molar refractivity (Wildman–Crippen MR) is 102 cm³/mol. The van der Waals surface area contributed by atoms with Crippen LogP contribution in [-0.2, 0) is 0 Å². The lowest BCUT2D eigenvalue weighted by molar-refractivity contribution is 0.0697. The van der Waals surface area contributed by atoms with Crippen LogP contribution in [0.15, 0.2) is 42.5 Å². The number of carboxylic acids is 1. The summed E-state index contributed by atoms with van der Waals surface area (Å²) < 4.78 is 5.95. The van der Waals surface area contributed by atoms with Crippen molar-refractivity contribution < 1.29 is 14.6 Å². The van der Waals surface area contributed by atoms with Crippen LogP contribution in [0.4, 0.5) is 5.69 Å². The average Bonchev–Trinajstić information content (AvgIpc) is 2.60. The average molecular weight is 341 g/mol. The molecule has 0 fully saturated rings. The van der Waals surface area contributed by atoms with Crippen molar-refractivity contribution in [1.29, 1.82) is 0 Å². The zero-order valence-corrected chi connectivity index (χ0v) is 15.0. The summed E-state index contributed by atoms with van der Waals surface area (Å²) in [5, 5.41) is 9.33. The molecule has 0 bridgehead atoms. The van der Waals surface area contributed by atoms with Crippen molar-refractivity contribution in [3.8, 4) is 16.9 Å². The predicted octanol–water partition coefficient (Wildman–Crippen LogP) is 5.37. The zero-order chi connectivity index (χ0) is 18.2. The normalized spacial score (nSPS) is 11.9. The number of nitrogen functional groups attached to an aromatic ring is 1. The second kappa shape index (κ2) is 9.11. The van der Waals surface area contributed by atoms with Crippen LogP contribution in [0.2, 0.25) is 0 Å². The summed E-state index contributed by atoms with van der Waals surface area (Å²) in [5.41, 5.74) is 8.36. The third kappa shape index (κ3) is 5.24. The highest BCUT2D eigenvalue weighted by molar-refractivity contribution is 5.96. The number of hydrogen-bond acceptors (Lipinski definition) is 3. The van der Waals surface area contributed by atoms with E-state index >= 15 is 0 Å². The largest absolute Gasteiger partial charge is 0.489 e. The zero-order valence-electron chi connectivity index (χ0n) is 15.0. The number of benzene rings is 2. The Morgan fingerprint density at radius 2 is 1.92 bits per heavy atom. The molecule has 0 aliphatic heterocycles. The minimum Gasteiger partial charge on any atom is -0.489 e. The topological polar surface area (TPSA) is 72.5 Å². The SMILES string of the molecule is CCCCCCC(C)Oc1ccc(-c2ccccc2C(=O)O)cc1N. The summed E-state index contributed by atoms with van der Waals surface area (Å²) in [7, 11) is 0. The molecule has 2 rings (SSSR count). The number of carbonyl (C=O) groups is 1. The van der Waals surface area contributed by atoms with Crippen molar-refractivity contribution in [2.24, 2.45) is 0 Å². The number of ether oxygens (including phenoxy) is 1. The first-order valence-corrected chi connectivity index (χ1v) is 8.91. The van der Waals surface area contributed by atoms with Gasteiger partial charge in [0.1, 0.15) is 5.75 Å². The second-order valence-electron chi connectivity index (χ2n) is 6.38. The Hall–Kier alpha value is -2.49. The Labute approximate surface area is 149 Å². The lowest BCUT2D eigenvalue weighted by atomic mass is 9.99. The summed E-state index contributed by atoms with van der Waals surface area (Å²) in [6, 6.07) is 12.4. The van der Waals surface area contributed by atoms with Crippen molar-refractivity contribution in [1.82, 2.24) is 0 Å². The quantitative estimate of drug-likeness (QED) is 0.475. The molecule has 0 aromatic heterocycles. The molecule has 0 amide bonds. The van der Waals surface area contributed by atoms with E-state index in [9.17, 15) is 9.90 Å². The molecule has 1 atom stereocenters. The van der Waals surface area contributed by atoms with Gasteiger partial charge in [0.25, 0.3) is 0 Å². The summed E-state index contributed by atoms with van der Waals surface area (Å²) >= 11 is 0. The Balaban J connectivity index is 2.10. The Morgan fingerprint density at radius 3 is 2.60 bits per heavy atom. The maximum atomic E-state index is 11.4. The van der Waals surface area contributed by atoms with E-state index in [0.717, 1.165) is 18.4 Å². The van der Waals surface area contributed by atoms with Gasteiger partial charge in [-0.25, -0.2) is 4.79 Å². The highest BCUT2D eigenvalue weighted by Gasteiger charge is 2.13. The fourth-order valence-corrected chi connectivity index (χ4v) is 2.88. The first-order chi connectivity index (χ1) is 12.0. The van der Waals surface area contributed by atoms with Gasteiger partial charge >= 0.3 is 5.97 Å². The smallest absolute Gasteiger partial charge is 0.336 e. The van der Waals surface area contributed by atoms with E-state index in [1.807, 2.05) is 18.2 Å². The molecule has 0 heterocycles. The molecular weight excluding hydrogens is 314 g/mol. The van der Waals surface area contributed by atoms with Crippen LogP contribution < -0.4 is 10.5 Å². The van der Waals surface area contributed by atoms with Crippen LogP contribution in [0.25, 0.3) is 11.1 Å². The van der Waals surface area contributed by atoms with Crippen LogP contribution in [0.1, 0.15) is 56.3 Å². The molecule has 0 aliphatic rings. The van der Waals surface area contributed by atoms with Crippen LogP contribution in [-0.4, -0.2) is 17.2 Å². The van der Waals surface area contributed by atoms with Gasteiger partial charge < -0.3 is 15.6 Å². The maximum absolute atomic E-state index is 11.4. The highest BCUT2D eigenvalue weighted by atomic mass is 16.5. The number of hydrogen-bond donors (Lipinski definition) is 2. The fourth-order valence-electron chi connectivity index (χ4n) is 2.88. The van der Waals surface area contributed by atoms with Crippen LogP contribution in [0.3, 0.4) is 0 Å². The Bertz CT molecular complexity index is 712. The van der Waals surface area contributed by atoms with E-state index in [-0.39, 0.29) is 11.7 Å². The molecule has 134 valence electrons. The fraction of sp³-hybridized carbons (Fsp3) is 0.381. The highest BCUT2D eigenvalue weighted by Crippen LogP contribution is 2.31. The minimum atomic E-state index is -0.949. The Morgan fingerprint density at radius 1 is 1.16 bits per heavy atom. The van der Waals surface area contributed by atoms with Gasteiger partial charge in [0.2, 0.25) is 0 Å². The monoisotopic (exact) mass is 341 g/mol. The van der Waals surface area contributed by atoms with E-state index in [4.69, 9.17) is 10.5 Å². The molecule has 0 saturated heterocycles. The molecule has 0 aliphatic carbocycles. The van der Waals surface area contributed by atoms with E-state index in [2.05, 4.69) is 13.8 Å². The molecule has 0 spiro atoms. The Kier molecular flexibility index (Phi) is 6.87. The van der Waals surface area contributed by atoms with Gasteiger partial charge in [-0.1, -0.05) is 50.5 Å². The van der Waals surface area contributed by atoms with E-state index in [1.54, 1.807) is 24.3 Å². The van der Waals surface area contributed by atoms with Crippen molar-refractivity contribution in [2.45, 2.75) is 52.1 Å². The molecule has 25 heavy (non-hydrogen) atoms. The van der Waals surface area contributed by atoms with E-state index in [0.29, 0.717) is 17.0 Å². The number of aromatic carboxylic acids is 1. The summed E-state index contributed by atoms with van der Waals surface area (Å²) in [6.07, 6.45) is 5.97.